The van der Waals surface area contributed by atoms with Crippen LogP contribution in [0.4, 0.5) is 0 Å². The maximum absolute atomic E-state index is 13.6. The summed E-state index contributed by atoms with van der Waals surface area (Å²) in [5.41, 5.74) is 2.99. The molecule has 0 bridgehead atoms. The van der Waals surface area contributed by atoms with Gasteiger partial charge in [0.15, 0.2) is 5.78 Å². The van der Waals surface area contributed by atoms with Crippen molar-refractivity contribution in [2.45, 2.75) is 11.3 Å². The number of rotatable bonds is 7. The molecule has 0 N–H and O–H groups in total. The zero-order valence-electron chi connectivity index (χ0n) is 18.4. The van der Waals surface area contributed by atoms with Gasteiger partial charge in [-0.2, -0.15) is 14.0 Å². The van der Waals surface area contributed by atoms with E-state index in [-0.39, 0.29) is 47.1 Å². The molecule has 0 atom stereocenters. The Morgan fingerprint density at radius 1 is 0.971 bits per heavy atom. The zero-order chi connectivity index (χ0) is 23.4. The maximum Gasteiger partial charge on any atom is 1.00 e. The molecule has 9 heteroatoms. The van der Waals surface area contributed by atoms with Gasteiger partial charge in [-0.25, -0.2) is 0 Å². The number of nitrogens with zero attached hydrogens (tertiary/aromatic N) is 3. The number of allylic oxidation sites excluding steroid dienone is 1. The summed E-state index contributed by atoms with van der Waals surface area (Å²) in [4.78, 5) is 26.9. The minimum absolute atomic E-state index is 0. The molecule has 3 aromatic carbocycles. The summed E-state index contributed by atoms with van der Waals surface area (Å²) in [5, 5.41) is 21.4. The molecule has 0 aliphatic carbocycles. The van der Waals surface area contributed by atoms with E-state index in [9.17, 15) is 14.7 Å². The second kappa shape index (κ2) is 11.6. The second-order valence-corrected chi connectivity index (χ2v) is 8.56. The third-order valence-corrected chi connectivity index (χ3v) is 6.44. The van der Waals surface area contributed by atoms with Gasteiger partial charge in [-0.05, 0) is 65.9 Å². The van der Waals surface area contributed by atoms with Crippen LogP contribution < -0.4 is 34.7 Å². The summed E-state index contributed by atoms with van der Waals surface area (Å²) in [6, 6.07) is 20.7. The fourth-order valence-corrected chi connectivity index (χ4v) is 4.38. The van der Waals surface area contributed by atoms with Crippen LogP contribution in [0.15, 0.2) is 77.2 Å². The van der Waals surface area contributed by atoms with Gasteiger partial charge in [-0.1, -0.05) is 18.2 Å². The van der Waals surface area contributed by atoms with Crippen LogP contribution in [-0.4, -0.2) is 26.8 Å². The van der Waals surface area contributed by atoms with Gasteiger partial charge in [-0.15, -0.1) is 11.8 Å². The summed E-state index contributed by atoms with van der Waals surface area (Å²) in [7, 11) is 0. The van der Waals surface area contributed by atoms with E-state index in [2.05, 4.69) is 14.8 Å². The maximum atomic E-state index is 13.6. The van der Waals surface area contributed by atoms with Crippen molar-refractivity contribution in [1.82, 2.24) is 8.75 Å². The van der Waals surface area contributed by atoms with Crippen LogP contribution in [0.3, 0.4) is 0 Å². The molecule has 0 fully saturated rings. The second-order valence-electron chi connectivity index (χ2n) is 7.15. The topological polar surface area (TPSA) is 107 Å². The van der Waals surface area contributed by atoms with E-state index in [1.807, 2.05) is 18.4 Å². The minimum atomic E-state index is -1.45. The number of ketones is 1. The van der Waals surface area contributed by atoms with Crippen LogP contribution in [0.5, 0.6) is 0 Å². The minimum Gasteiger partial charge on any atom is -0.545 e. The van der Waals surface area contributed by atoms with Crippen LogP contribution in [0, 0.1) is 11.3 Å². The van der Waals surface area contributed by atoms with Crippen molar-refractivity contribution in [1.29, 1.82) is 5.26 Å². The molecule has 0 radical (unpaired) electrons. The predicted molar refractivity (Wildman–Crippen MR) is 127 cm³/mol. The van der Waals surface area contributed by atoms with Crippen LogP contribution in [0.1, 0.15) is 27.0 Å². The number of hydrogen-bond donors (Lipinski definition) is 0. The van der Waals surface area contributed by atoms with Crippen molar-refractivity contribution in [2.24, 2.45) is 0 Å². The Bertz CT molecular complexity index is 1420. The van der Waals surface area contributed by atoms with Gasteiger partial charge >= 0.3 is 29.6 Å². The average molecular weight is 494 g/mol. The number of carbonyl (C=O) groups excluding carboxylic acids is 2. The number of fused-ring (bicyclic) bond motifs is 1. The van der Waals surface area contributed by atoms with E-state index < -0.39 is 11.8 Å². The van der Waals surface area contributed by atoms with Gasteiger partial charge in [0.25, 0.3) is 0 Å². The molecule has 0 amide bonds. The first-order chi connectivity index (χ1) is 16.0. The summed E-state index contributed by atoms with van der Waals surface area (Å²) < 4.78 is 8.33. The van der Waals surface area contributed by atoms with Crippen molar-refractivity contribution < 1.29 is 44.3 Å². The van der Waals surface area contributed by atoms with Crippen LogP contribution in [0.2, 0.25) is 0 Å². The molecule has 0 aliphatic heterocycles. The van der Waals surface area contributed by atoms with Crippen molar-refractivity contribution in [3.8, 4) is 6.07 Å². The quantitative estimate of drug-likeness (QED) is 0.163. The molecule has 0 saturated carbocycles. The Balaban J connectivity index is 0.00000324. The molecule has 1 aromatic heterocycles. The monoisotopic (exact) mass is 493 g/mol. The summed E-state index contributed by atoms with van der Waals surface area (Å²) in [5.74, 6) is -1.85. The van der Waals surface area contributed by atoms with E-state index in [0.717, 1.165) is 16.6 Å². The fraction of sp³-hybridized carbons (Fsp3) is 0.0800. The third kappa shape index (κ3) is 5.63. The smallest absolute Gasteiger partial charge is 0.545 e. The summed E-state index contributed by atoms with van der Waals surface area (Å²) in [6.45, 7) is 0. The number of hydrogen-bond acceptors (Lipinski definition) is 8. The molecule has 4 aromatic rings. The van der Waals surface area contributed by atoms with Crippen LogP contribution in [-0.2, 0) is 11.2 Å². The van der Waals surface area contributed by atoms with E-state index in [0.29, 0.717) is 33.3 Å². The number of nitriles is 1. The molecule has 162 valence electrons. The van der Waals surface area contributed by atoms with Gasteiger partial charge in [0, 0.05) is 28.0 Å². The SMILES string of the molecule is CSc1ccc(C(=O)/C(Cc2ccc(C#N)cc2)=C(/C(=O)[O-])c2ccc3nsnc3c2)cc1.[Na+]. The Morgan fingerprint density at radius 3 is 2.24 bits per heavy atom. The van der Waals surface area contributed by atoms with Crippen molar-refractivity contribution >= 4 is 51.8 Å². The normalized spacial score (nSPS) is 11.3. The molecule has 1 heterocycles. The Kier molecular flexibility index (Phi) is 8.78. The number of aromatic nitrogens is 2. The third-order valence-electron chi connectivity index (χ3n) is 5.14. The van der Waals surface area contributed by atoms with Gasteiger partial charge < -0.3 is 9.90 Å². The Hall–Kier alpha value is -2.80. The van der Waals surface area contributed by atoms with Crippen LogP contribution >= 0.6 is 23.5 Å². The molecule has 34 heavy (non-hydrogen) atoms. The molecule has 0 aliphatic rings. The number of Topliss-reactive ketones (excluding diaryl/α,β-unsaturated/α-hetero) is 1. The fourth-order valence-electron chi connectivity index (χ4n) is 3.45. The Morgan fingerprint density at radius 2 is 1.62 bits per heavy atom. The van der Waals surface area contributed by atoms with Crippen molar-refractivity contribution in [3.05, 3.63) is 94.6 Å². The summed E-state index contributed by atoms with van der Waals surface area (Å²) in [6.07, 6.45) is 2.00. The largest absolute Gasteiger partial charge is 1.00 e. The first kappa shape index (κ1) is 25.8. The average Bonchev–Trinajstić information content (AvgIpc) is 3.31. The molecule has 0 spiro atoms. The number of thioether (sulfide) groups is 1. The molecule has 6 nitrogen and oxygen atoms in total. The number of benzene rings is 3. The molecular formula is C25H16N3NaO3S2. The number of carboxylic acids is 1. The van der Waals surface area contributed by atoms with E-state index in [1.165, 1.54) is 0 Å². The van der Waals surface area contributed by atoms with Gasteiger partial charge in [-0.3, -0.25) is 4.79 Å². The standard InChI is InChI=1S/C25H17N3O3S2.Na/c1-32-19-9-6-17(7-10-19)24(29)20(12-15-2-4-16(14-26)5-3-15)23(25(30)31)18-8-11-21-22(13-18)28-33-27-21;/h2-11,13H,12H2,1H3,(H,30,31);/q;+1/p-1/b23-20+;. The zero-order valence-corrected chi connectivity index (χ0v) is 22.1. The molecule has 0 saturated heterocycles. The Labute approximate surface area is 227 Å². The molecular weight excluding hydrogens is 477 g/mol. The van der Waals surface area contributed by atoms with E-state index in [4.69, 9.17) is 5.26 Å². The van der Waals surface area contributed by atoms with Crippen molar-refractivity contribution in [2.75, 3.05) is 6.26 Å². The van der Waals surface area contributed by atoms with E-state index in [1.54, 1.807) is 66.4 Å². The number of carbonyl (C=O) groups is 2. The summed E-state index contributed by atoms with van der Waals surface area (Å²) >= 11 is 2.58. The predicted octanol–water partition coefficient (Wildman–Crippen LogP) is 0.918. The van der Waals surface area contributed by atoms with Gasteiger partial charge in [0.2, 0.25) is 0 Å². The molecule has 4 rings (SSSR count). The van der Waals surface area contributed by atoms with Crippen molar-refractivity contribution in [3.63, 3.8) is 0 Å². The first-order valence-electron chi connectivity index (χ1n) is 9.85. The number of carboxylic acid groups (broad SMARTS) is 1. The molecule has 0 unspecified atom stereocenters. The van der Waals surface area contributed by atoms with Crippen LogP contribution in [0.25, 0.3) is 16.6 Å². The van der Waals surface area contributed by atoms with Gasteiger partial charge in [0.05, 0.1) is 29.3 Å². The van der Waals surface area contributed by atoms with Gasteiger partial charge in [0.1, 0.15) is 11.0 Å². The van der Waals surface area contributed by atoms with E-state index >= 15 is 0 Å². The number of aliphatic carboxylic acids is 1. The first-order valence-corrected chi connectivity index (χ1v) is 11.8.